The van der Waals surface area contributed by atoms with Crippen LogP contribution in [0.15, 0.2) is 58.5 Å². The Morgan fingerprint density at radius 1 is 1.21 bits per heavy atom. The molecule has 0 spiro atoms. The van der Waals surface area contributed by atoms with E-state index in [2.05, 4.69) is 4.98 Å². The standard InChI is InChI=1S/C24H24ClN3O4S/c1-2-32-23(31)16-7-6-12-27(14-16)21(29)15-33-24-26-20-11-4-3-10-19(20)22(30)28(24)18-9-5-8-17(25)13-18/h3-5,8-11,13,16H,2,6-7,12,14-15H2,1H3. The molecule has 0 radical (unpaired) electrons. The van der Waals surface area contributed by atoms with Gasteiger partial charge in [0.05, 0.1) is 34.9 Å². The molecule has 4 rings (SSSR count). The van der Waals surface area contributed by atoms with Crippen molar-refractivity contribution < 1.29 is 14.3 Å². The van der Waals surface area contributed by atoms with Crippen molar-refractivity contribution in [2.75, 3.05) is 25.4 Å². The summed E-state index contributed by atoms with van der Waals surface area (Å²) in [6.07, 6.45) is 1.47. The van der Waals surface area contributed by atoms with Gasteiger partial charge in [0.1, 0.15) is 0 Å². The van der Waals surface area contributed by atoms with Gasteiger partial charge in [0.2, 0.25) is 5.91 Å². The second-order valence-corrected chi connectivity index (χ2v) is 9.13. The van der Waals surface area contributed by atoms with Crippen LogP contribution >= 0.6 is 23.4 Å². The maximum absolute atomic E-state index is 13.3. The fourth-order valence-electron chi connectivity index (χ4n) is 3.93. The number of halogens is 1. The van der Waals surface area contributed by atoms with Crippen LogP contribution in [0.1, 0.15) is 19.8 Å². The van der Waals surface area contributed by atoms with Gasteiger partial charge in [-0.2, -0.15) is 0 Å². The minimum absolute atomic E-state index is 0.0981. The van der Waals surface area contributed by atoms with E-state index < -0.39 is 0 Å². The number of fused-ring (bicyclic) bond motifs is 1. The zero-order valence-electron chi connectivity index (χ0n) is 18.2. The fourth-order valence-corrected chi connectivity index (χ4v) is 5.03. The van der Waals surface area contributed by atoms with Gasteiger partial charge in [0.25, 0.3) is 5.56 Å². The van der Waals surface area contributed by atoms with Gasteiger partial charge < -0.3 is 9.64 Å². The molecule has 2 heterocycles. The molecule has 1 aromatic heterocycles. The number of rotatable bonds is 6. The number of hydrogen-bond donors (Lipinski definition) is 0. The van der Waals surface area contributed by atoms with Gasteiger partial charge in [-0.3, -0.25) is 19.0 Å². The van der Waals surface area contributed by atoms with E-state index in [1.54, 1.807) is 54.3 Å². The Kier molecular flexibility index (Phi) is 7.35. The second kappa shape index (κ2) is 10.4. The van der Waals surface area contributed by atoms with E-state index in [0.717, 1.165) is 12.8 Å². The average molecular weight is 486 g/mol. The zero-order chi connectivity index (χ0) is 23.4. The van der Waals surface area contributed by atoms with Gasteiger partial charge in [-0.1, -0.05) is 41.6 Å². The molecule has 33 heavy (non-hydrogen) atoms. The Bertz CT molecular complexity index is 1250. The topological polar surface area (TPSA) is 81.5 Å². The number of esters is 1. The number of para-hydroxylation sites is 1. The Morgan fingerprint density at radius 2 is 2.03 bits per heavy atom. The van der Waals surface area contributed by atoms with E-state index in [1.165, 1.54) is 16.3 Å². The summed E-state index contributed by atoms with van der Waals surface area (Å²) in [6, 6.07) is 14.1. The number of carbonyl (C=O) groups excluding carboxylic acids is 2. The molecular weight excluding hydrogens is 462 g/mol. The van der Waals surface area contributed by atoms with Gasteiger partial charge in [0.15, 0.2) is 5.16 Å². The third kappa shape index (κ3) is 5.23. The molecule has 1 aliphatic rings. The average Bonchev–Trinajstić information content (AvgIpc) is 2.83. The van der Waals surface area contributed by atoms with Crippen LogP contribution in [0.25, 0.3) is 16.6 Å². The highest BCUT2D eigenvalue weighted by atomic mass is 35.5. The molecular formula is C24H24ClN3O4S. The number of aromatic nitrogens is 2. The van der Waals surface area contributed by atoms with Gasteiger partial charge in [-0.15, -0.1) is 0 Å². The second-order valence-electron chi connectivity index (χ2n) is 7.75. The molecule has 0 saturated carbocycles. The molecule has 0 aliphatic carbocycles. The van der Waals surface area contributed by atoms with Crippen LogP contribution in [0.3, 0.4) is 0 Å². The number of thioether (sulfide) groups is 1. The van der Waals surface area contributed by atoms with Gasteiger partial charge >= 0.3 is 5.97 Å². The summed E-state index contributed by atoms with van der Waals surface area (Å²) < 4.78 is 6.62. The van der Waals surface area contributed by atoms with Crippen LogP contribution in [0.5, 0.6) is 0 Å². The summed E-state index contributed by atoms with van der Waals surface area (Å²) in [4.78, 5) is 44.7. The van der Waals surface area contributed by atoms with Crippen molar-refractivity contribution in [2.45, 2.75) is 24.9 Å². The first-order valence-electron chi connectivity index (χ1n) is 10.8. The van der Waals surface area contributed by atoms with Crippen molar-refractivity contribution in [3.8, 4) is 5.69 Å². The normalized spacial score (nSPS) is 16.1. The Labute approximate surface area is 200 Å². The lowest BCUT2D eigenvalue weighted by Gasteiger charge is -2.31. The lowest BCUT2D eigenvalue weighted by molar-refractivity contribution is -0.151. The van der Waals surface area contributed by atoms with Crippen molar-refractivity contribution in [2.24, 2.45) is 5.92 Å². The maximum Gasteiger partial charge on any atom is 0.310 e. The molecule has 1 saturated heterocycles. The molecule has 1 fully saturated rings. The quantitative estimate of drug-likeness (QED) is 0.299. The molecule has 2 aromatic carbocycles. The number of ether oxygens (including phenoxy) is 1. The van der Waals surface area contributed by atoms with Crippen molar-refractivity contribution in [1.29, 1.82) is 0 Å². The van der Waals surface area contributed by atoms with Crippen LogP contribution in [0.4, 0.5) is 0 Å². The number of hydrogen-bond acceptors (Lipinski definition) is 6. The highest BCUT2D eigenvalue weighted by Crippen LogP contribution is 2.25. The van der Waals surface area contributed by atoms with Gasteiger partial charge in [-0.25, -0.2) is 4.98 Å². The smallest absolute Gasteiger partial charge is 0.310 e. The Morgan fingerprint density at radius 3 is 2.82 bits per heavy atom. The molecule has 1 unspecified atom stereocenters. The van der Waals surface area contributed by atoms with Gasteiger partial charge in [-0.05, 0) is 50.1 Å². The predicted octanol–water partition coefficient (Wildman–Crippen LogP) is 3.93. The highest BCUT2D eigenvalue weighted by Gasteiger charge is 2.29. The molecule has 9 heteroatoms. The van der Waals surface area contributed by atoms with Crippen LogP contribution in [0, 0.1) is 5.92 Å². The molecule has 1 aliphatic heterocycles. The van der Waals surface area contributed by atoms with E-state index in [0.29, 0.717) is 46.5 Å². The van der Waals surface area contributed by atoms with Crippen LogP contribution in [-0.2, 0) is 14.3 Å². The van der Waals surface area contributed by atoms with E-state index >= 15 is 0 Å². The molecule has 1 amide bonds. The van der Waals surface area contributed by atoms with Crippen molar-refractivity contribution in [1.82, 2.24) is 14.5 Å². The first kappa shape index (κ1) is 23.3. The summed E-state index contributed by atoms with van der Waals surface area (Å²) in [5.41, 5.74) is 0.926. The predicted molar refractivity (Wildman–Crippen MR) is 129 cm³/mol. The molecule has 7 nitrogen and oxygen atoms in total. The molecule has 172 valence electrons. The third-order valence-corrected chi connectivity index (χ3v) is 6.69. The summed E-state index contributed by atoms with van der Waals surface area (Å²) >= 11 is 7.37. The Hall–Kier alpha value is -2.84. The number of amides is 1. The largest absolute Gasteiger partial charge is 0.466 e. The first-order valence-corrected chi connectivity index (χ1v) is 12.2. The summed E-state index contributed by atoms with van der Waals surface area (Å²) in [5.74, 6) is -0.556. The van der Waals surface area contributed by atoms with Crippen molar-refractivity contribution in [3.05, 3.63) is 63.9 Å². The lowest BCUT2D eigenvalue weighted by atomic mass is 9.98. The monoisotopic (exact) mass is 485 g/mol. The third-order valence-electron chi connectivity index (χ3n) is 5.53. The number of likely N-dealkylation sites (tertiary alicyclic amines) is 1. The number of benzene rings is 2. The molecule has 0 bridgehead atoms. The first-order chi connectivity index (χ1) is 16.0. The van der Waals surface area contributed by atoms with Crippen LogP contribution in [-0.4, -0.2) is 51.8 Å². The maximum atomic E-state index is 13.3. The summed E-state index contributed by atoms with van der Waals surface area (Å²) in [5, 5.41) is 1.40. The highest BCUT2D eigenvalue weighted by molar-refractivity contribution is 7.99. The minimum atomic E-state index is -0.295. The zero-order valence-corrected chi connectivity index (χ0v) is 19.8. The van der Waals surface area contributed by atoms with E-state index in [4.69, 9.17) is 16.3 Å². The number of piperidine rings is 1. The number of carbonyl (C=O) groups is 2. The molecule has 0 N–H and O–H groups in total. The Balaban J connectivity index is 1.59. The lowest BCUT2D eigenvalue weighted by Crippen LogP contribution is -2.43. The van der Waals surface area contributed by atoms with Gasteiger partial charge in [0, 0.05) is 18.1 Å². The minimum Gasteiger partial charge on any atom is -0.466 e. The molecule has 3 aromatic rings. The van der Waals surface area contributed by atoms with Crippen molar-refractivity contribution >= 4 is 46.1 Å². The van der Waals surface area contributed by atoms with E-state index in [-0.39, 0.29) is 29.1 Å². The number of nitrogens with zero attached hydrogens (tertiary/aromatic N) is 3. The SMILES string of the molecule is CCOC(=O)C1CCCN(C(=O)CSc2nc3ccccc3c(=O)n2-c2cccc(Cl)c2)C1. The van der Waals surface area contributed by atoms with Crippen LogP contribution < -0.4 is 5.56 Å². The van der Waals surface area contributed by atoms with E-state index in [9.17, 15) is 14.4 Å². The van der Waals surface area contributed by atoms with Crippen LogP contribution in [0.2, 0.25) is 5.02 Å². The summed E-state index contributed by atoms with van der Waals surface area (Å²) in [7, 11) is 0. The fraction of sp³-hybridized carbons (Fsp3) is 0.333. The van der Waals surface area contributed by atoms with Crippen molar-refractivity contribution in [3.63, 3.8) is 0 Å². The molecule has 1 atom stereocenters. The van der Waals surface area contributed by atoms with E-state index in [1.807, 2.05) is 6.07 Å². The summed E-state index contributed by atoms with van der Waals surface area (Å²) in [6.45, 7) is 3.05.